The highest BCUT2D eigenvalue weighted by atomic mass is 16.5. The van der Waals surface area contributed by atoms with Crippen molar-refractivity contribution in [1.82, 2.24) is 0 Å². The molecule has 0 atom stereocenters. The summed E-state index contributed by atoms with van der Waals surface area (Å²) in [5.74, 6) is -0.201. The van der Waals surface area contributed by atoms with Crippen molar-refractivity contribution in [2.24, 2.45) is 0 Å². The van der Waals surface area contributed by atoms with Gasteiger partial charge >= 0.3 is 5.97 Å². The van der Waals surface area contributed by atoms with Crippen LogP contribution < -0.4 is 0 Å². The van der Waals surface area contributed by atoms with E-state index in [1.807, 2.05) is 6.08 Å². The lowest BCUT2D eigenvalue weighted by Crippen LogP contribution is -2.11. The molecule has 0 fully saturated rings. The molecule has 0 aromatic carbocycles. The van der Waals surface area contributed by atoms with E-state index in [1.54, 1.807) is 0 Å². The van der Waals surface area contributed by atoms with Gasteiger partial charge in [0.05, 0.1) is 6.61 Å². The topological polar surface area (TPSA) is 46.5 Å². The minimum absolute atomic E-state index is 0.0757. The summed E-state index contributed by atoms with van der Waals surface area (Å²) in [7, 11) is 0. The van der Waals surface area contributed by atoms with Crippen LogP contribution in [0.25, 0.3) is 0 Å². The molecule has 0 spiro atoms. The number of hydrogen-bond donors (Lipinski definition) is 1. The van der Waals surface area contributed by atoms with Gasteiger partial charge in [-0.1, -0.05) is 6.08 Å². The molecule has 1 aliphatic rings. The Labute approximate surface area is 78.4 Å². The van der Waals surface area contributed by atoms with Crippen LogP contribution in [0.1, 0.15) is 32.1 Å². The molecule has 0 aromatic rings. The number of esters is 1. The van der Waals surface area contributed by atoms with E-state index in [4.69, 9.17) is 9.84 Å². The van der Waals surface area contributed by atoms with Crippen LogP contribution in [-0.4, -0.2) is 24.3 Å². The van der Waals surface area contributed by atoms with Gasteiger partial charge in [0, 0.05) is 18.6 Å². The Morgan fingerprint density at radius 1 is 1.54 bits per heavy atom. The van der Waals surface area contributed by atoms with Crippen molar-refractivity contribution in [2.75, 3.05) is 13.2 Å². The van der Waals surface area contributed by atoms with Gasteiger partial charge in [-0.3, -0.25) is 0 Å². The lowest BCUT2D eigenvalue weighted by molar-refractivity contribution is -0.139. The molecule has 1 N–H and O–H groups in total. The van der Waals surface area contributed by atoms with E-state index in [0.29, 0.717) is 13.0 Å². The molecule has 74 valence electrons. The van der Waals surface area contributed by atoms with E-state index in [0.717, 1.165) is 24.8 Å². The second-order valence-corrected chi connectivity index (χ2v) is 3.19. The molecule has 0 bridgehead atoms. The van der Waals surface area contributed by atoms with Gasteiger partial charge in [0.15, 0.2) is 0 Å². The van der Waals surface area contributed by atoms with E-state index in [9.17, 15) is 4.79 Å². The largest absolute Gasteiger partial charge is 0.462 e. The second-order valence-electron chi connectivity index (χ2n) is 3.19. The number of rotatable bonds is 4. The molecule has 0 saturated carbocycles. The van der Waals surface area contributed by atoms with Gasteiger partial charge in [-0.15, -0.1) is 0 Å². The zero-order valence-electron chi connectivity index (χ0n) is 7.79. The van der Waals surface area contributed by atoms with E-state index >= 15 is 0 Å². The molecule has 0 radical (unpaired) electrons. The average molecular weight is 184 g/mol. The molecule has 3 heteroatoms. The Bertz CT molecular complexity index is 196. The van der Waals surface area contributed by atoms with Crippen LogP contribution in [0.15, 0.2) is 11.6 Å². The number of carbonyl (C=O) groups excluding carboxylic acids is 1. The summed E-state index contributed by atoms with van der Waals surface area (Å²) in [6.45, 7) is 0.402. The molecule has 0 aromatic heterocycles. The summed E-state index contributed by atoms with van der Waals surface area (Å²) >= 11 is 0. The van der Waals surface area contributed by atoms with E-state index in [2.05, 4.69) is 0 Å². The Morgan fingerprint density at radius 2 is 2.38 bits per heavy atom. The fraction of sp³-hybridized carbons (Fsp3) is 0.700. The number of hydrogen-bond acceptors (Lipinski definition) is 3. The third-order valence-corrected chi connectivity index (χ3v) is 2.09. The quantitative estimate of drug-likeness (QED) is 0.531. The van der Waals surface area contributed by atoms with Crippen LogP contribution in [0, 0.1) is 0 Å². The zero-order valence-corrected chi connectivity index (χ0v) is 7.79. The molecule has 0 amide bonds. The predicted octanol–water partition coefficient (Wildman–Crippen LogP) is 1.41. The second kappa shape index (κ2) is 5.75. The molecule has 13 heavy (non-hydrogen) atoms. The third-order valence-electron chi connectivity index (χ3n) is 2.09. The number of aliphatic hydroxyl groups excluding tert-OH is 1. The molecule has 1 rings (SSSR count). The van der Waals surface area contributed by atoms with Crippen LogP contribution in [0.5, 0.6) is 0 Å². The summed E-state index contributed by atoms with van der Waals surface area (Å²) in [4.78, 5) is 11.3. The minimum atomic E-state index is -0.201. The average Bonchev–Trinajstić information content (AvgIpc) is 2.19. The van der Waals surface area contributed by atoms with Crippen molar-refractivity contribution in [2.45, 2.75) is 32.1 Å². The lowest BCUT2D eigenvalue weighted by atomic mass is 10.00. The molecule has 1 aliphatic carbocycles. The Balaban J connectivity index is 2.25. The van der Waals surface area contributed by atoms with Crippen LogP contribution in [0.4, 0.5) is 0 Å². The fourth-order valence-electron chi connectivity index (χ4n) is 1.35. The maximum Gasteiger partial charge on any atom is 0.333 e. The first-order chi connectivity index (χ1) is 6.34. The number of aliphatic hydroxyl groups is 1. The van der Waals surface area contributed by atoms with Gasteiger partial charge in [-0.2, -0.15) is 0 Å². The lowest BCUT2D eigenvalue weighted by Gasteiger charge is -2.11. The van der Waals surface area contributed by atoms with Crippen LogP contribution in [0.2, 0.25) is 0 Å². The SMILES string of the molecule is O=C(OCCCO)C1=CCCCC1. The summed E-state index contributed by atoms with van der Waals surface area (Å²) in [5.41, 5.74) is 0.809. The van der Waals surface area contributed by atoms with Crippen molar-refractivity contribution < 1.29 is 14.6 Å². The Kier molecular flexibility index (Phi) is 4.54. The first-order valence-corrected chi connectivity index (χ1v) is 4.81. The normalized spacial score (nSPS) is 16.5. The fourth-order valence-corrected chi connectivity index (χ4v) is 1.35. The molecule has 3 nitrogen and oxygen atoms in total. The summed E-state index contributed by atoms with van der Waals surface area (Å²) in [6.07, 6.45) is 6.58. The van der Waals surface area contributed by atoms with Gasteiger partial charge in [0.2, 0.25) is 0 Å². The predicted molar refractivity (Wildman–Crippen MR) is 49.2 cm³/mol. The molecular formula is C10H16O3. The van der Waals surface area contributed by atoms with Gasteiger partial charge in [-0.05, 0) is 25.7 Å². The van der Waals surface area contributed by atoms with Gasteiger partial charge in [0.25, 0.3) is 0 Å². The monoisotopic (exact) mass is 184 g/mol. The van der Waals surface area contributed by atoms with Crippen molar-refractivity contribution in [3.63, 3.8) is 0 Å². The first-order valence-electron chi connectivity index (χ1n) is 4.81. The highest BCUT2D eigenvalue weighted by molar-refractivity contribution is 5.88. The van der Waals surface area contributed by atoms with E-state index < -0.39 is 0 Å². The van der Waals surface area contributed by atoms with E-state index in [1.165, 1.54) is 6.42 Å². The van der Waals surface area contributed by atoms with E-state index in [-0.39, 0.29) is 12.6 Å². The van der Waals surface area contributed by atoms with Gasteiger partial charge in [-0.25, -0.2) is 4.79 Å². The maximum absolute atomic E-state index is 11.3. The molecule has 0 aliphatic heterocycles. The number of carbonyl (C=O) groups is 1. The van der Waals surface area contributed by atoms with Crippen molar-refractivity contribution in [1.29, 1.82) is 0 Å². The Morgan fingerprint density at radius 3 is 3.00 bits per heavy atom. The van der Waals surface area contributed by atoms with Crippen molar-refractivity contribution in [3.8, 4) is 0 Å². The van der Waals surface area contributed by atoms with Crippen LogP contribution in [0.3, 0.4) is 0 Å². The molecule has 0 unspecified atom stereocenters. The molecular weight excluding hydrogens is 168 g/mol. The van der Waals surface area contributed by atoms with Gasteiger partial charge in [0.1, 0.15) is 0 Å². The first kappa shape index (κ1) is 10.3. The Hall–Kier alpha value is -0.830. The van der Waals surface area contributed by atoms with Gasteiger partial charge < -0.3 is 9.84 Å². The molecule has 0 saturated heterocycles. The summed E-state index contributed by atoms with van der Waals surface area (Å²) in [5, 5.41) is 8.48. The minimum Gasteiger partial charge on any atom is -0.462 e. The number of ether oxygens (including phenoxy) is 1. The number of allylic oxidation sites excluding steroid dienone is 1. The summed E-state index contributed by atoms with van der Waals surface area (Å²) in [6, 6.07) is 0. The third kappa shape index (κ3) is 3.59. The highest BCUT2D eigenvalue weighted by Gasteiger charge is 2.12. The van der Waals surface area contributed by atoms with Crippen LogP contribution in [-0.2, 0) is 9.53 Å². The highest BCUT2D eigenvalue weighted by Crippen LogP contribution is 2.18. The van der Waals surface area contributed by atoms with Crippen molar-refractivity contribution in [3.05, 3.63) is 11.6 Å². The van der Waals surface area contributed by atoms with Crippen molar-refractivity contribution >= 4 is 5.97 Å². The maximum atomic E-state index is 11.3. The summed E-state index contributed by atoms with van der Waals surface area (Å²) < 4.78 is 4.95. The zero-order chi connectivity index (χ0) is 9.52. The standard InChI is InChI=1S/C10H16O3/c11-7-4-8-13-10(12)9-5-2-1-3-6-9/h5,11H,1-4,6-8H2. The molecule has 0 heterocycles. The van der Waals surface area contributed by atoms with Crippen LogP contribution >= 0.6 is 0 Å². The smallest absolute Gasteiger partial charge is 0.333 e.